The maximum absolute atomic E-state index is 12.6. The molecule has 1 aliphatic rings. The lowest BCUT2D eigenvalue weighted by Gasteiger charge is -2.30. The molecule has 1 aromatic carbocycles. The molecule has 7 nitrogen and oxygen atoms in total. The van der Waals surface area contributed by atoms with E-state index >= 15 is 0 Å². The number of likely N-dealkylation sites (tertiary alicyclic amines) is 1. The zero-order valence-electron chi connectivity index (χ0n) is 15.8. The molecule has 0 radical (unpaired) electrons. The third-order valence-electron chi connectivity index (χ3n) is 5.12. The number of rotatable bonds is 4. The smallest absolute Gasteiger partial charge is 0.230 e. The van der Waals surface area contributed by atoms with Crippen molar-refractivity contribution in [2.45, 2.75) is 32.1 Å². The highest BCUT2D eigenvalue weighted by Crippen LogP contribution is 2.31. The molecule has 1 aliphatic heterocycles. The Morgan fingerprint density at radius 1 is 1.17 bits per heavy atom. The molecule has 0 bridgehead atoms. The van der Waals surface area contributed by atoms with Crippen molar-refractivity contribution < 1.29 is 9.32 Å². The number of aryl methyl sites for hydroxylation is 1. The second-order valence-electron chi connectivity index (χ2n) is 7.01. The van der Waals surface area contributed by atoms with Gasteiger partial charge in [-0.3, -0.25) is 14.8 Å². The van der Waals surface area contributed by atoms with Gasteiger partial charge in [0.1, 0.15) is 0 Å². The van der Waals surface area contributed by atoms with Crippen LogP contribution in [0.3, 0.4) is 0 Å². The molecule has 0 spiro atoms. The van der Waals surface area contributed by atoms with Gasteiger partial charge in [0.05, 0.1) is 27.9 Å². The Bertz CT molecular complexity index is 1030. The summed E-state index contributed by atoms with van der Waals surface area (Å²) in [5.74, 6) is 1.26. The van der Waals surface area contributed by atoms with E-state index < -0.39 is 0 Å². The lowest BCUT2D eigenvalue weighted by atomic mass is 9.96. The van der Waals surface area contributed by atoms with Crippen LogP contribution in [-0.4, -0.2) is 44.0 Å². The molecule has 4 rings (SSSR count). The Morgan fingerprint density at radius 2 is 1.93 bits per heavy atom. The first-order chi connectivity index (χ1) is 14.0. The molecule has 0 N–H and O–H groups in total. The van der Waals surface area contributed by atoms with Crippen LogP contribution in [0.2, 0.25) is 10.0 Å². The van der Waals surface area contributed by atoms with Crippen LogP contribution in [0.1, 0.15) is 36.0 Å². The topological polar surface area (TPSA) is 85.0 Å². The molecular formula is C20H19Cl2N5O2. The zero-order chi connectivity index (χ0) is 20.4. The van der Waals surface area contributed by atoms with Crippen molar-refractivity contribution in [3.63, 3.8) is 0 Å². The van der Waals surface area contributed by atoms with E-state index in [-0.39, 0.29) is 18.2 Å². The number of carbonyl (C=O) groups excluding carboxylic acids is 1. The molecule has 3 aromatic rings. The van der Waals surface area contributed by atoms with E-state index in [1.54, 1.807) is 30.6 Å². The third-order valence-corrected chi connectivity index (χ3v) is 5.86. The van der Waals surface area contributed by atoms with Crippen molar-refractivity contribution in [3.05, 3.63) is 57.9 Å². The van der Waals surface area contributed by atoms with Crippen LogP contribution in [-0.2, 0) is 11.2 Å². The Kier molecular flexibility index (Phi) is 5.78. The number of aromatic nitrogens is 4. The van der Waals surface area contributed by atoms with Gasteiger partial charge < -0.3 is 9.42 Å². The molecule has 0 saturated carbocycles. The van der Waals surface area contributed by atoms with Crippen LogP contribution in [0.15, 0.2) is 35.1 Å². The first kappa shape index (κ1) is 19.8. The van der Waals surface area contributed by atoms with Gasteiger partial charge in [0.25, 0.3) is 0 Å². The Labute approximate surface area is 178 Å². The molecule has 29 heavy (non-hydrogen) atoms. The van der Waals surface area contributed by atoms with Gasteiger partial charge in [0.15, 0.2) is 0 Å². The van der Waals surface area contributed by atoms with Gasteiger partial charge in [-0.1, -0.05) is 28.4 Å². The van der Waals surface area contributed by atoms with Crippen molar-refractivity contribution in [1.82, 2.24) is 25.0 Å². The molecule has 1 saturated heterocycles. The second kappa shape index (κ2) is 8.47. The lowest BCUT2D eigenvalue weighted by Crippen LogP contribution is -2.39. The molecule has 1 amide bonds. The number of hydrogen-bond donors (Lipinski definition) is 0. The van der Waals surface area contributed by atoms with Gasteiger partial charge in [-0.2, -0.15) is 4.98 Å². The zero-order valence-corrected chi connectivity index (χ0v) is 17.3. The number of halogens is 2. The fraction of sp³-hybridized carbons (Fsp3) is 0.350. The van der Waals surface area contributed by atoms with Crippen LogP contribution in [0.5, 0.6) is 0 Å². The van der Waals surface area contributed by atoms with E-state index in [1.807, 2.05) is 11.8 Å². The first-order valence-corrected chi connectivity index (χ1v) is 10.1. The molecule has 3 heterocycles. The molecule has 2 aromatic heterocycles. The fourth-order valence-corrected chi connectivity index (χ4v) is 3.69. The maximum Gasteiger partial charge on any atom is 0.230 e. The van der Waals surface area contributed by atoms with Crippen molar-refractivity contribution in [1.29, 1.82) is 0 Å². The summed E-state index contributed by atoms with van der Waals surface area (Å²) >= 11 is 12.0. The van der Waals surface area contributed by atoms with E-state index in [0.717, 1.165) is 29.8 Å². The number of piperidine rings is 1. The summed E-state index contributed by atoms with van der Waals surface area (Å²) in [6.45, 7) is 3.16. The Morgan fingerprint density at radius 3 is 2.66 bits per heavy atom. The fourth-order valence-electron chi connectivity index (χ4n) is 3.39. The van der Waals surface area contributed by atoms with Crippen LogP contribution in [0.25, 0.3) is 11.4 Å². The first-order valence-electron chi connectivity index (χ1n) is 9.34. The van der Waals surface area contributed by atoms with E-state index in [0.29, 0.717) is 34.8 Å². The summed E-state index contributed by atoms with van der Waals surface area (Å²) in [7, 11) is 0. The van der Waals surface area contributed by atoms with E-state index in [4.69, 9.17) is 27.7 Å². The van der Waals surface area contributed by atoms with Crippen molar-refractivity contribution in [3.8, 4) is 11.4 Å². The highest BCUT2D eigenvalue weighted by Gasteiger charge is 2.28. The molecule has 0 aliphatic carbocycles. The number of hydrogen-bond acceptors (Lipinski definition) is 6. The molecule has 9 heteroatoms. The van der Waals surface area contributed by atoms with Gasteiger partial charge in [0, 0.05) is 37.0 Å². The minimum absolute atomic E-state index is 0.0640. The molecule has 0 unspecified atom stereocenters. The summed E-state index contributed by atoms with van der Waals surface area (Å²) in [5, 5.41) is 4.99. The van der Waals surface area contributed by atoms with Crippen LogP contribution >= 0.6 is 23.2 Å². The van der Waals surface area contributed by atoms with Crippen molar-refractivity contribution >= 4 is 29.1 Å². The number of nitrogens with zero attached hydrogens (tertiary/aromatic N) is 5. The highest BCUT2D eigenvalue weighted by atomic mass is 35.5. The minimum atomic E-state index is 0.0640. The lowest BCUT2D eigenvalue weighted by molar-refractivity contribution is -0.131. The largest absolute Gasteiger partial charge is 0.342 e. The summed E-state index contributed by atoms with van der Waals surface area (Å²) < 4.78 is 5.48. The maximum atomic E-state index is 12.6. The monoisotopic (exact) mass is 431 g/mol. The molecule has 1 fully saturated rings. The summed E-state index contributed by atoms with van der Waals surface area (Å²) in [4.78, 5) is 27.4. The predicted molar refractivity (Wildman–Crippen MR) is 109 cm³/mol. The average molecular weight is 432 g/mol. The van der Waals surface area contributed by atoms with Gasteiger partial charge >= 0.3 is 0 Å². The number of carbonyl (C=O) groups is 1. The third kappa shape index (κ3) is 4.41. The van der Waals surface area contributed by atoms with E-state index in [2.05, 4.69) is 20.1 Å². The quantitative estimate of drug-likeness (QED) is 0.618. The molecule has 150 valence electrons. The summed E-state index contributed by atoms with van der Waals surface area (Å²) in [6.07, 6.45) is 5.06. The van der Waals surface area contributed by atoms with Gasteiger partial charge in [-0.05, 0) is 38.0 Å². The summed E-state index contributed by atoms with van der Waals surface area (Å²) in [5.41, 5.74) is 2.26. The second-order valence-corrected chi connectivity index (χ2v) is 7.82. The van der Waals surface area contributed by atoms with Crippen molar-refractivity contribution in [2.75, 3.05) is 13.1 Å². The van der Waals surface area contributed by atoms with Gasteiger partial charge in [-0.25, -0.2) is 0 Å². The van der Waals surface area contributed by atoms with Crippen LogP contribution < -0.4 is 0 Å². The van der Waals surface area contributed by atoms with Crippen LogP contribution in [0.4, 0.5) is 0 Å². The van der Waals surface area contributed by atoms with E-state index in [1.165, 1.54) is 0 Å². The normalized spacial score (nSPS) is 14.9. The van der Waals surface area contributed by atoms with Crippen molar-refractivity contribution in [2.24, 2.45) is 0 Å². The SMILES string of the molecule is Cc1nccnc1CC(=O)N1CCC(c2nc(-c3ccc(Cl)c(Cl)c3)no2)CC1. The van der Waals surface area contributed by atoms with Gasteiger partial charge in [-0.15, -0.1) is 0 Å². The van der Waals surface area contributed by atoms with Crippen LogP contribution in [0, 0.1) is 6.92 Å². The number of benzene rings is 1. The molecular weight excluding hydrogens is 413 g/mol. The Hall–Kier alpha value is -2.51. The van der Waals surface area contributed by atoms with Gasteiger partial charge in [0.2, 0.25) is 17.6 Å². The molecule has 0 atom stereocenters. The Balaban J connectivity index is 1.37. The standard InChI is InChI=1S/C20H19Cl2N5O2/c1-12-17(24-7-6-23-12)11-18(28)27-8-4-13(5-9-27)20-25-19(26-29-20)14-2-3-15(21)16(22)10-14/h2-3,6-7,10,13H,4-5,8-9,11H2,1H3. The number of amides is 1. The highest BCUT2D eigenvalue weighted by molar-refractivity contribution is 6.42. The van der Waals surface area contributed by atoms with E-state index in [9.17, 15) is 4.79 Å². The predicted octanol–water partition coefficient (Wildman–Crippen LogP) is 4.09. The summed E-state index contributed by atoms with van der Waals surface area (Å²) in [6, 6.07) is 5.23. The minimum Gasteiger partial charge on any atom is -0.342 e. The average Bonchev–Trinajstić information content (AvgIpc) is 3.22.